The van der Waals surface area contributed by atoms with Gasteiger partial charge in [0.25, 0.3) is 0 Å². The average Bonchev–Trinajstić information content (AvgIpc) is 2.80. The average molecular weight is 293 g/mol. The lowest BCUT2D eigenvalue weighted by Crippen LogP contribution is -2.31. The Morgan fingerprint density at radius 1 is 1.50 bits per heavy atom. The first kappa shape index (κ1) is 15.7. The highest BCUT2D eigenvalue weighted by Gasteiger charge is 2.25. The van der Waals surface area contributed by atoms with Gasteiger partial charge < -0.3 is 5.32 Å². The minimum absolute atomic E-state index is 0. The zero-order chi connectivity index (χ0) is 12.4. The number of rotatable bonds is 3. The highest BCUT2D eigenvalue weighted by atomic mass is 35.5. The van der Waals surface area contributed by atoms with E-state index in [1.165, 1.54) is 6.07 Å². The van der Waals surface area contributed by atoms with Crippen molar-refractivity contribution in [3.63, 3.8) is 0 Å². The largest absolute Gasteiger partial charge is 0.316 e. The summed E-state index contributed by atoms with van der Waals surface area (Å²) in [4.78, 5) is 2.39. The molecule has 1 fully saturated rings. The van der Waals surface area contributed by atoms with Crippen LogP contribution in [-0.2, 0) is 0 Å². The van der Waals surface area contributed by atoms with E-state index < -0.39 is 0 Å². The van der Waals surface area contributed by atoms with E-state index in [9.17, 15) is 4.39 Å². The second-order valence-electron chi connectivity index (χ2n) is 4.62. The summed E-state index contributed by atoms with van der Waals surface area (Å²) in [5, 5.41) is 3.50. The van der Waals surface area contributed by atoms with Crippen molar-refractivity contribution < 1.29 is 4.39 Å². The molecule has 1 heterocycles. The molecular weight excluding hydrogens is 274 g/mol. The standard InChI is InChI=1S/C13H18ClFN2.ClH/c1-9(17-6-5-11(8-17)16-2)10-3-4-13(15)12(14)7-10;/h3-4,7,9,11,16H,5-6,8H2,1-2H3;1H. The van der Waals surface area contributed by atoms with Gasteiger partial charge in [0.15, 0.2) is 0 Å². The Kier molecular flexibility index (Phi) is 5.86. The molecule has 0 aliphatic carbocycles. The Hall–Kier alpha value is -0.350. The van der Waals surface area contributed by atoms with Gasteiger partial charge in [0, 0.05) is 25.2 Å². The van der Waals surface area contributed by atoms with E-state index >= 15 is 0 Å². The number of hydrogen-bond donors (Lipinski definition) is 1. The number of hydrogen-bond acceptors (Lipinski definition) is 2. The number of nitrogens with one attached hydrogen (secondary N) is 1. The minimum atomic E-state index is -0.350. The Morgan fingerprint density at radius 3 is 2.78 bits per heavy atom. The molecule has 2 nitrogen and oxygen atoms in total. The van der Waals surface area contributed by atoms with E-state index in [-0.39, 0.29) is 29.3 Å². The van der Waals surface area contributed by atoms with Crippen molar-refractivity contribution in [3.8, 4) is 0 Å². The lowest BCUT2D eigenvalue weighted by atomic mass is 10.1. The van der Waals surface area contributed by atoms with Gasteiger partial charge in [-0.1, -0.05) is 17.7 Å². The fourth-order valence-corrected chi connectivity index (χ4v) is 2.55. The van der Waals surface area contributed by atoms with Crippen LogP contribution >= 0.6 is 24.0 Å². The Bertz CT molecular complexity index is 401. The third-order valence-electron chi connectivity index (χ3n) is 3.60. The SMILES string of the molecule is CNC1CCN(C(C)c2ccc(F)c(Cl)c2)C1.Cl. The Labute approximate surface area is 119 Å². The fraction of sp³-hybridized carbons (Fsp3) is 0.538. The van der Waals surface area contributed by atoms with Gasteiger partial charge in [0.05, 0.1) is 5.02 Å². The van der Waals surface area contributed by atoms with Crippen LogP contribution in [0.1, 0.15) is 24.9 Å². The summed E-state index contributed by atoms with van der Waals surface area (Å²) < 4.78 is 13.1. The maximum Gasteiger partial charge on any atom is 0.141 e. The normalized spacial score (nSPS) is 21.7. The molecule has 2 rings (SSSR count). The Morgan fingerprint density at radius 2 is 2.22 bits per heavy atom. The molecule has 1 saturated heterocycles. The molecule has 1 N–H and O–H groups in total. The highest BCUT2D eigenvalue weighted by molar-refractivity contribution is 6.30. The van der Waals surface area contributed by atoms with Crippen LogP contribution in [-0.4, -0.2) is 31.1 Å². The zero-order valence-electron chi connectivity index (χ0n) is 10.6. The molecule has 0 bridgehead atoms. The zero-order valence-corrected chi connectivity index (χ0v) is 12.2. The van der Waals surface area contributed by atoms with Crippen LogP contribution < -0.4 is 5.32 Å². The molecular formula is C13H19Cl2FN2. The van der Waals surface area contributed by atoms with Crippen LogP contribution in [0.4, 0.5) is 4.39 Å². The van der Waals surface area contributed by atoms with Crippen LogP contribution in [0.2, 0.25) is 5.02 Å². The van der Waals surface area contributed by atoms with Crippen LogP contribution in [0.3, 0.4) is 0 Å². The first-order chi connectivity index (χ1) is 8.11. The number of halogens is 3. The molecule has 1 aliphatic heterocycles. The van der Waals surface area contributed by atoms with E-state index in [1.807, 2.05) is 13.1 Å². The van der Waals surface area contributed by atoms with Crippen LogP contribution in [0.5, 0.6) is 0 Å². The number of nitrogens with zero attached hydrogens (tertiary/aromatic N) is 1. The minimum Gasteiger partial charge on any atom is -0.316 e. The van der Waals surface area contributed by atoms with E-state index in [2.05, 4.69) is 17.1 Å². The predicted molar refractivity (Wildman–Crippen MR) is 76.1 cm³/mol. The molecule has 0 amide bonds. The van der Waals surface area contributed by atoms with E-state index in [0.717, 1.165) is 25.1 Å². The molecule has 0 saturated carbocycles. The van der Waals surface area contributed by atoms with Crippen LogP contribution in [0, 0.1) is 5.82 Å². The molecule has 0 radical (unpaired) electrons. The summed E-state index contributed by atoms with van der Waals surface area (Å²) >= 11 is 5.81. The molecule has 1 aromatic rings. The number of likely N-dealkylation sites (N-methyl/N-ethyl adjacent to an activating group) is 1. The highest BCUT2D eigenvalue weighted by Crippen LogP contribution is 2.27. The van der Waals surface area contributed by atoms with Crippen molar-refractivity contribution in [2.24, 2.45) is 0 Å². The lowest BCUT2D eigenvalue weighted by Gasteiger charge is -2.24. The molecule has 0 spiro atoms. The van der Waals surface area contributed by atoms with Gasteiger partial charge in [-0.25, -0.2) is 4.39 Å². The summed E-state index contributed by atoms with van der Waals surface area (Å²) in [6.45, 7) is 4.25. The van der Waals surface area contributed by atoms with Crippen molar-refractivity contribution in [3.05, 3.63) is 34.6 Å². The Balaban J connectivity index is 0.00000162. The van der Waals surface area contributed by atoms with Crippen molar-refractivity contribution in [1.82, 2.24) is 10.2 Å². The monoisotopic (exact) mass is 292 g/mol. The molecule has 2 atom stereocenters. The van der Waals surface area contributed by atoms with Gasteiger partial charge >= 0.3 is 0 Å². The molecule has 0 aromatic heterocycles. The summed E-state index contributed by atoms with van der Waals surface area (Å²) in [6, 6.07) is 5.84. The molecule has 1 aliphatic rings. The lowest BCUT2D eigenvalue weighted by molar-refractivity contribution is 0.257. The van der Waals surface area contributed by atoms with Gasteiger partial charge in [-0.3, -0.25) is 4.90 Å². The van der Waals surface area contributed by atoms with Crippen LogP contribution in [0.25, 0.3) is 0 Å². The van der Waals surface area contributed by atoms with Gasteiger partial charge in [0.1, 0.15) is 5.82 Å². The second-order valence-corrected chi connectivity index (χ2v) is 5.03. The summed E-state index contributed by atoms with van der Waals surface area (Å²) in [5.41, 5.74) is 1.08. The van der Waals surface area contributed by atoms with Crippen molar-refractivity contribution >= 4 is 24.0 Å². The molecule has 2 unspecified atom stereocenters. The maximum absolute atomic E-state index is 13.1. The third-order valence-corrected chi connectivity index (χ3v) is 3.89. The number of benzene rings is 1. The summed E-state index contributed by atoms with van der Waals surface area (Å²) in [6.07, 6.45) is 1.16. The van der Waals surface area contributed by atoms with Gasteiger partial charge in [-0.15, -0.1) is 12.4 Å². The summed E-state index contributed by atoms with van der Waals surface area (Å²) in [7, 11) is 1.99. The molecule has 5 heteroatoms. The van der Waals surface area contributed by atoms with Crippen molar-refractivity contribution in [2.45, 2.75) is 25.4 Å². The van der Waals surface area contributed by atoms with E-state index in [4.69, 9.17) is 11.6 Å². The van der Waals surface area contributed by atoms with E-state index in [0.29, 0.717) is 6.04 Å². The fourth-order valence-electron chi connectivity index (χ4n) is 2.36. The van der Waals surface area contributed by atoms with E-state index in [1.54, 1.807) is 6.07 Å². The smallest absolute Gasteiger partial charge is 0.141 e. The topological polar surface area (TPSA) is 15.3 Å². The number of likely N-dealkylation sites (tertiary alicyclic amines) is 1. The molecule has 18 heavy (non-hydrogen) atoms. The third kappa shape index (κ3) is 3.35. The van der Waals surface area contributed by atoms with Gasteiger partial charge in [-0.05, 0) is 38.1 Å². The van der Waals surface area contributed by atoms with Gasteiger partial charge in [0.2, 0.25) is 0 Å². The van der Waals surface area contributed by atoms with Crippen LogP contribution in [0.15, 0.2) is 18.2 Å². The van der Waals surface area contributed by atoms with Crippen molar-refractivity contribution in [2.75, 3.05) is 20.1 Å². The quantitative estimate of drug-likeness (QED) is 0.920. The summed E-state index contributed by atoms with van der Waals surface area (Å²) in [5.74, 6) is -0.350. The molecule has 1 aromatic carbocycles. The second kappa shape index (κ2) is 6.71. The predicted octanol–water partition coefficient (Wildman–Crippen LogP) is 3.26. The maximum atomic E-state index is 13.1. The van der Waals surface area contributed by atoms with Gasteiger partial charge in [-0.2, -0.15) is 0 Å². The van der Waals surface area contributed by atoms with Crippen molar-refractivity contribution in [1.29, 1.82) is 0 Å². The first-order valence-electron chi connectivity index (χ1n) is 5.98. The molecule has 102 valence electrons. The first-order valence-corrected chi connectivity index (χ1v) is 6.36.